The third kappa shape index (κ3) is 5.22. The smallest absolute Gasteiger partial charge is 0.255 e. The van der Waals surface area contributed by atoms with Crippen LogP contribution in [0.3, 0.4) is 0 Å². The summed E-state index contributed by atoms with van der Waals surface area (Å²) in [5.74, 6) is 0.381. The number of carbonyl (C=O) groups excluding carboxylic acids is 1. The summed E-state index contributed by atoms with van der Waals surface area (Å²) in [6, 6.07) is 5.42. The summed E-state index contributed by atoms with van der Waals surface area (Å²) in [6.07, 6.45) is 1.03. The highest BCUT2D eigenvalue weighted by molar-refractivity contribution is 5.96. The van der Waals surface area contributed by atoms with Gasteiger partial charge in [-0.1, -0.05) is 19.9 Å². The Morgan fingerprint density at radius 3 is 2.65 bits per heavy atom. The molecule has 5 nitrogen and oxygen atoms in total. The Morgan fingerprint density at radius 2 is 2.04 bits per heavy atom. The van der Waals surface area contributed by atoms with Crippen molar-refractivity contribution in [3.8, 4) is 5.75 Å². The number of benzene rings is 1. The predicted octanol–water partition coefficient (Wildman–Crippen LogP) is 2.18. The summed E-state index contributed by atoms with van der Waals surface area (Å²) in [4.78, 5) is 14.7. The van der Waals surface area contributed by atoms with Gasteiger partial charge in [-0.2, -0.15) is 0 Å². The number of ether oxygens (including phenoxy) is 1. The molecular weight excluding hydrogens is 292 g/mol. The molecule has 2 rings (SSSR count). The molecule has 1 aromatic carbocycles. The second kappa shape index (κ2) is 8.31. The highest BCUT2D eigenvalue weighted by atomic mass is 16.5. The summed E-state index contributed by atoms with van der Waals surface area (Å²) in [5, 5.41) is 12.9. The molecule has 0 radical (unpaired) electrons. The lowest BCUT2D eigenvalue weighted by Gasteiger charge is -2.35. The minimum Gasteiger partial charge on any atom is -0.507 e. The van der Waals surface area contributed by atoms with E-state index in [0.717, 1.165) is 38.3 Å². The molecule has 1 aliphatic rings. The third-order valence-electron chi connectivity index (χ3n) is 4.20. The maximum absolute atomic E-state index is 12.3. The van der Waals surface area contributed by atoms with Crippen molar-refractivity contribution in [2.24, 2.45) is 5.92 Å². The van der Waals surface area contributed by atoms with Crippen LogP contribution in [0.1, 0.15) is 36.2 Å². The Bertz CT molecular complexity index is 525. The predicted molar refractivity (Wildman–Crippen MR) is 90.8 cm³/mol. The lowest BCUT2D eigenvalue weighted by Crippen LogP contribution is -2.49. The first kappa shape index (κ1) is 17.8. The second-order valence-corrected chi connectivity index (χ2v) is 6.66. The molecule has 0 aliphatic carbocycles. The number of aryl methyl sites for hydroxylation is 1. The van der Waals surface area contributed by atoms with Crippen molar-refractivity contribution in [3.05, 3.63) is 29.3 Å². The molecule has 1 fully saturated rings. The molecule has 0 bridgehead atoms. The van der Waals surface area contributed by atoms with Gasteiger partial charge < -0.3 is 15.2 Å². The fraction of sp³-hybridized carbons (Fsp3) is 0.611. The number of phenolic OH excluding ortho intramolecular Hbond substituents is 1. The first-order chi connectivity index (χ1) is 11.0. The van der Waals surface area contributed by atoms with E-state index in [0.29, 0.717) is 24.1 Å². The number of nitrogens with one attached hydrogen (secondary N) is 1. The number of hydrogen-bond donors (Lipinski definition) is 2. The van der Waals surface area contributed by atoms with Crippen LogP contribution in [0.4, 0.5) is 0 Å². The largest absolute Gasteiger partial charge is 0.507 e. The van der Waals surface area contributed by atoms with Crippen LogP contribution in [-0.4, -0.2) is 54.8 Å². The highest BCUT2D eigenvalue weighted by Gasteiger charge is 2.23. The number of rotatable bonds is 6. The standard InChI is InChI=1S/C18H28N2O3/c1-13(2)10-15(20-6-8-23-9-7-20)12-19-18(22)16-5-4-14(3)11-17(16)21/h4-5,11,13,15,21H,6-10,12H2,1-3H3,(H,19,22). The van der Waals surface area contributed by atoms with Crippen LogP contribution in [0.25, 0.3) is 0 Å². The monoisotopic (exact) mass is 320 g/mol. The van der Waals surface area contributed by atoms with Gasteiger partial charge in [-0.05, 0) is 37.0 Å². The van der Waals surface area contributed by atoms with Crippen LogP contribution in [0.2, 0.25) is 0 Å². The van der Waals surface area contributed by atoms with E-state index >= 15 is 0 Å². The zero-order valence-electron chi connectivity index (χ0n) is 14.3. The van der Waals surface area contributed by atoms with Gasteiger partial charge in [-0.25, -0.2) is 0 Å². The van der Waals surface area contributed by atoms with Crippen molar-refractivity contribution in [3.63, 3.8) is 0 Å². The van der Waals surface area contributed by atoms with E-state index in [2.05, 4.69) is 24.1 Å². The summed E-state index contributed by atoms with van der Waals surface area (Å²) >= 11 is 0. The van der Waals surface area contributed by atoms with Gasteiger partial charge in [0.05, 0.1) is 18.8 Å². The van der Waals surface area contributed by atoms with Gasteiger partial charge in [-0.15, -0.1) is 0 Å². The molecule has 0 spiro atoms. The molecule has 1 saturated heterocycles. The summed E-state index contributed by atoms with van der Waals surface area (Å²) in [6.45, 7) is 10.2. The van der Waals surface area contributed by atoms with Gasteiger partial charge in [0.25, 0.3) is 5.91 Å². The van der Waals surface area contributed by atoms with Crippen LogP contribution in [0.15, 0.2) is 18.2 Å². The summed E-state index contributed by atoms with van der Waals surface area (Å²) in [5.41, 5.74) is 1.27. The van der Waals surface area contributed by atoms with Gasteiger partial charge in [0.1, 0.15) is 5.75 Å². The van der Waals surface area contributed by atoms with E-state index in [4.69, 9.17) is 4.74 Å². The van der Waals surface area contributed by atoms with Gasteiger partial charge in [0, 0.05) is 25.7 Å². The molecular formula is C18H28N2O3. The fourth-order valence-corrected chi connectivity index (χ4v) is 2.99. The van der Waals surface area contributed by atoms with Crippen LogP contribution < -0.4 is 5.32 Å². The lowest BCUT2D eigenvalue weighted by atomic mass is 10.0. The third-order valence-corrected chi connectivity index (χ3v) is 4.20. The molecule has 23 heavy (non-hydrogen) atoms. The van der Waals surface area contributed by atoms with Gasteiger partial charge in [-0.3, -0.25) is 9.69 Å². The number of hydrogen-bond acceptors (Lipinski definition) is 4. The quantitative estimate of drug-likeness (QED) is 0.843. The Morgan fingerprint density at radius 1 is 1.35 bits per heavy atom. The number of morpholine rings is 1. The molecule has 1 aliphatic heterocycles. The van der Waals surface area contributed by atoms with Crippen molar-refractivity contribution in [2.45, 2.75) is 33.2 Å². The van der Waals surface area contributed by atoms with E-state index < -0.39 is 0 Å². The zero-order valence-corrected chi connectivity index (χ0v) is 14.3. The molecule has 128 valence electrons. The van der Waals surface area contributed by atoms with Crippen LogP contribution in [0, 0.1) is 12.8 Å². The SMILES string of the molecule is Cc1ccc(C(=O)NCC(CC(C)C)N2CCOCC2)c(O)c1. The van der Waals surface area contributed by atoms with Crippen LogP contribution in [0.5, 0.6) is 5.75 Å². The lowest BCUT2D eigenvalue weighted by molar-refractivity contribution is 0.0124. The minimum absolute atomic E-state index is 0.0364. The molecule has 1 heterocycles. The number of nitrogens with zero attached hydrogens (tertiary/aromatic N) is 1. The van der Waals surface area contributed by atoms with Crippen molar-refractivity contribution in [2.75, 3.05) is 32.8 Å². The molecule has 1 amide bonds. The topological polar surface area (TPSA) is 61.8 Å². The normalized spacial score (nSPS) is 17.2. The Hall–Kier alpha value is -1.59. The maximum atomic E-state index is 12.3. The first-order valence-electron chi connectivity index (χ1n) is 8.37. The zero-order chi connectivity index (χ0) is 16.8. The molecule has 1 atom stereocenters. The average molecular weight is 320 g/mol. The minimum atomic E-state index is -0.218. The molecule has 5 heteroatoms. The first-order valence-corrected chi connectivity index (χ1v) is 8.37. The number of phenols is 1. The molecule has 0 saturated carbocycles. The summed E-state index contributed by atoms with van der Waals surface area (Å²) in [7, 11) is 0. The maximum Gasteiger partial charge on any atom is 0.255 e. The molecule has 2 N–H and O–H groups in total. The molecule has 1 unspecified atom stereocenters. The van der Waals surface area contributed by atoms with Gasteiger partial charge in [0.15, 0.2) is 0 Å². The Balaban J connectivity index is 1.97. The van der Waals surface area contributed by atoms with Gasteiger partial charge >= 0.3 is 0 Å². The van der Waals surface area contributed by atoms with E-state index in [-0.39, 0.29) is 11.7 Å². The van der Waals surface area contributed by atoms with E-state index in [1.807, 2.05) is 13.0 Å². The molecule has 0 aromatic heterocycles. The van der Waals surface area contributed by atoms with Crippen molar-refractivity contribution < 1.29 is 14.6 Å². The number of carbonyl (C=O) groups is 1. The molecule has 1 aromatic rings. The second-order valence-electron chi connectivity index (χ2n) is 6.66. The van der Waals surface area contributed by atoms with Gasteiger partial charge in [0.2, 0.25) is 0 Å². The van der Waals surface area contributed by atoms with Crippen LogP contribution in [-0.2, 0) is 4.74 Å². The van der Waals surface area contributed by atoms with E-state index in [1.165, 1.54) is 0 Å². The van der Waals surface area contributed by atoms with E-state index in [9.17, 15) is 9.90 Å². The van der Waals surface area contributed by atoms with Crippen molar-refractivity contribution in [1.82, 2.24) is 10.2 Å². The van der Waals surface area contributed by atoms with Crippen molar-refractivity contribution >= 4 is 5.91 Å². The highest BCUT2D eigenvalue weighted by Crippen LogP contribution is 2.19. The fourth-order valence-electron chi connectivity index (χ4n) is 2.99. The van der Waals surface area contributed by atoms with Crippen LogP contribution >= 0.6 is 0 Å². The van der Waals surface area contributed by atoms with Crippen molar-refractivity contribution in [1.29, 1.82) is 0 Å². The summed E-state index contributed by atoms with van der Waals surface area (Å²) < 4.78 is 5.41. The Labute approximate surface area is 138 Å². The Kier molecular flexibility index (Phi) is 6.42. The average Bonchev–Trinajstić information content (AvgIpc) is 2.51. The van der Waals surface area contributed by atoms with E-state index in [1.54, 1.807) is 12.1 Å². The number of aromatic hydroxyl groups is 1. The number of amides is 1.